The van der Waals surface area contributed by atoms with Gasteiger partial charge in [0.25, 0.3) is 0 Å². The highest BCUT2D eigenvalue weighted by Gasteiger charge is 2.38. The second-order valence-electron chi connectivity index (χ2n) is 4.20. The van der Waals surface area contributed by atoms with Gasteiger partial charge in [-0.1, -0.05) is 12.1 Å². The molecule has 1 aromatic carbocycles. The molecule has 3 rings (SSSR count). The van der Waals surface area contributed by atoms with Crippen LogP contribution in [0.4, 0.5) is 4.39 Å². The van der Waals surface area contributed by atoms with Crippen LogP contribution in [0.1, 0.15) is 18.7 Å². The van der Waals surface area contributed by atoms with Gasteiger partial charge in [0.2, 0.25) is 5.89 Å². The Balaban J connectivity index is 2.04. The number of para-hydroxylation sites is 2. The van der Waals surface area contributed by atoms with Crippen molar-refractivity contribution in [2.24, 2.45) is 0 Å². The van der Waals surface area contributed by atoms with E-state index in [1.807, 2.05) is 24.3 Å². The zero-order valence-corrected chi connectivity index (χ0v) is 8.87. The van der Waals surface area contributed by atoms with Crippen LogP contribution in [0, 0.1) is 0 Å². The van der Waals surface area contributed by atoms with Crippen molar-refractivity contribution in [3.8, 4) is 0 Å². The van der Waals surface area contributed by atoms with Gasteiger partial charge in [0.15, 0.2) is 11.3 Å². The smallest absolute Gasteiger partial charge is 0.233 e. The molecular weight excluding hydrogens is 207 g/mol. The molecule has 0 radical (unpaired) electrons. The molecule has 1 aliphatic rings. The number of fused-ring (bicyclic) bond motifs is 1. The monoisotopic (exact) mass is 220 g/mol. The third-order valence-electron chi connectivity index (χ3n) is 3.07. The molecule has 2 aromatic rings. The fraction of sp³-hybridized carbons (Fsp3) is 0.417. The first-order valence-corrected chi connectivity index (χ1v) is 5.54. The third kappa shape index (κ3) is 1.50. The number of halogens is 1. The molecule has 1 aromatic heterocycles. The molecule has 4 heteroatoms. The predicted octanol–water partition coefficient (Wildman–Crippen LogP) is 2.38. The first kappa shape index (κ1) is 9.78. The number of piperidine rings is 1. The lowest BCUT2D eigenvalue weighted by atomic mass is 9.94. The Bertz CT molecular complexity index is 469. The Hall–Kier alpha value is -1.42. The van der Waals surface area contributed by atoms with Crippen LogP contribution in [-0.4, -0.2) is 18.1 Å². The van der Waals surface area contributed by atoms with Crippen LogP contribution in [0.3, 0.4) is 0 Å². The summed E-state index contributed by atoms with van der Waals surface area (Å²) in [5, 5.41) is 3.13. The Kier molecular flexibility index (Phi) is 2.17. The number of oxazole rings is 1. The van der Waals surface area contributed by atoms with E-state index < -0.39 is 5.67 Å². The number of nitrogens with one attached hydrogen (secondary N) is 1. The second kappa shape index (κ2) is 3.56. The van der Waals surface area contributed by atoms with Crippen molar-refractivity contribution >= 4 is 11.1 Å². The molecule has 0 unspecified atom stereocenters. The fourth-order valence-electron chi connectivity index (χ4n) is 2.10. The number of rotatable bonds is 1. The molecule has 3 nitrogen and oxygen atoms in total. The molecule has 0 bridgehead atoms. The van der Waals surface area contributed by atoms with Crippen LogP contribution in [-0.2, 0) is 5.67 Å². The number of benzene rings is 1. The Morgan fingerprint density at radius 1 is 1.25 bits per heavy atom. The van der Waals surface area contributed by atoms with E-state index in [4.69, 9.17) is 4.42 Å². The first-order chi connectivity index (χ1) is 7.78. The number of alkyl halides is 1. The summed E-state index contributed by atoms with van der Waals surface area (Å²) in [6.45, 7) is 1.35. The van der Waals surface area contributed by atoms with E-state index >= 15 is 0 Å². The molecular formula is C12H13FN2O. The van der Waals surface area contributed by atoms with Gasteiger partial charge in [-0.05, 0) is 25.2 Å². The first-order valence-electron chi connectivity index (χ1n) is 5.54. The summed E-state index contributed by atoms with van der Waals surface area (Å²) < 4.78 is 20.0. The summed E-state index contributed by atoms with van der Waals surface area (Å²) in [6.07, 6.45) is 0.861. The van der Waals surface area contributed by atoms with Crippen LogP contribution in [0.15, 0.2) is 28.7 Å². The van der Waals surface area contributed by atoms with E-state index in [9.17, 15) is 4.39 Å². The van der Waals surface area contributed by atoms with Crippen LogP contribution < -0.4 is 5.32 Å². The normalized spacial score (nSPS) is 20.1. The molecule has 84 valence electrons. The summed E-state index contributed by atoms with van der Waals surface area (Å²) >= 11 is 0. The van der Waals surface area contributed by atoms with Gasteiger partial charge in [0, 0.05) is 12.8 Å². The molecule has 1 N–H and O–H groups in total. The van der Waals surface area contributed by atoms with Gasteiger partial charge in [0.1, 0.15) is 5.52 Å². The van der Waals surface area contributed by atoms with Crippen molar-refractivity contribution in [2.75, 3.05) is 13.1 Å². The van der Waals surface area contributed by atoms with Gasteiger partial charge in [-0.25, -0.2) is 9.37 Å². The maximum atomic E-state index is 14.5. The molecule has 0 amide bonds. The van der Waals surface area contributed by atoms with Crippen molar-refractivity contribution in [2.45, 2.75) is 18.5 Å². The van der Waals surface area contributed by atoms with E-state index in [0.29, 0.717) is 31.5 Å². The molecule has 1 fully saturated rings. The SMILES string of the molecule is FC1(c2nc3ccccc3o2)CCNCC1. The summed E-state index contributed by atoms with van der Waals surface area (Å²) in [4.78, 5) is 4.24. The topological polar surface area (TPSA) is 38.1 Å². The van der Waals surface area contributed by atoms with Gasteiger partial charge < -0.3 is 9.73 Å². The molecule has 1 aliphatic heterocycles. The Morgan fingerprint density at radius 3 is 2.75 bits per heavy atom. The van der Waals surface area contributed by atoms with Crippen molar-refractivity contribution in [3.05, 3.63) is 30.2 Å². The van der Waals surface area contributed by atoms with Crippen molar-refractivity contribution < 1.29 is 8.81 Å². The molecule has 2 heterocycles. The number of hydrogen-bond donors (Lipinski definition) is 1. The molecule has 0 spiro atoms. The molecule has 16 heavy (non-hydrogen) atoms. The lowest BCUT2D eigenvalue weighted by Gasteiger charge is -2.26. The maximum Gasteiger partial charge on any atom is 0.233 e. The van der Waals surface area contributed by atoms with Crippen LogP contribution in [0.5, 0.6) is 0 Å². The van der Waals surface area contributed by atoms with E-state index in [-0.39, 0.29) is 5.89 Å². The van der Waals surface area contributed by atoms with Crippen molar-refractivity contribution in [3.63, 3.8) is 0 Å². The number of hydrogen-bond acceptors (Lipinski definition) is 3. The third-order valence-corrected chi connectivity index (χ3v) is 3.07. The summed E-state index contributed by atoms with van der Waals surface area (Å²) in [6, 6.07) is 7.40. The van der Waals surface area contributed by atoms with E-state index in [0.717, 1.165) is 5.52 Å². The second-order valence-corrected chi connectivity index (χ2v) is 4.20. The summed E-state index contributed by atoms with van der Waals surface area (Å²) in [5.41, 5.74) is -0.00862. The highest BCUT2D eigenvalue weighted by Crippen LogP contribution is 2.35. The summed E-state index contributed by atoms with van der Waals surface area (Å²) in [7, 11) is 0. The minimum absolute atomic E-state index is 0.232. The van der Waals surface area contributed by atoms with Crippen LogP contribution in [0.2, 0.25) is 0 Å². The Labute approximate surface area is 92.7 Å². The van der Waals surface area contributed by atoms with Gasteiger partial charge in [-0.3, -0.25) is 0 Å². The van der Waals surface area contributed by atoms with Crippen molar-refractivity contribution in [1.29, 1.82) is 0 Å². The van der Waals surface area contributed by atoms with Crippen LogP contribution >= 0.6 is 0 Å². The highest BCUT2D eigenvalue weighted by atomic mass is 19.1. The zero-order valence-electron chi connectivity index (χ0n) is 8.87. The van der Waals surface area contributed by atoms with Gasteiger partial charge >= 0.3 is 0 Å². The molecule has 0 saturated carbocycles. The lowest BCUT2D eigenvalue weighted by molar-refractivity contribution is 0.0824. The summed E-state index contributed by atoms with van der Waals surface area (Å²) in [5.74, 6) is 0.232. The largest absolute Gasteiger partial charge is 0.437 e. The average Bonchev–Trinajstić information content (AvgIpc) is 2.74. The number of nitrogens with zero attached hydrogens (tertiary/aromatic N) is 1. The molecule has 0 aliphatic carbocycles. The van der Waals surface area contributed by atoms with Crippen LogP contribution in [0.25, 0.3) is 11.1 Å². The van der Waals surface area contributed by atoms with Gasteiger partial charge in [-0.2, -0.15) is 0 Å². The predicted molar refractivity (Wildman–Crippen MR) is 58.9 cm³/mol. The minimum Gasteiger partial charge on any atom is -0.437 e. The average molecular weight is 220 g/mol. The fourth-order valence-corrected chi connectivity index (χ4v) is 2.10. The van der Waals surface area contributed by atoms with E-state index in [2.05, 4.69) is 10.3 Å². The number of aromatic nitrogens is 1. The molecule has 1 saturated heterocycles. The standard InChI is InChI=1S/C12H13FN2O/c13-12(5-7-14-8-6-12)11-15-9-3-1-2-4-10(9)16-11/h1-4,14H,5-8H2. The van der Waals surface area contributed by atoms with Gasteiger partial charge in [0.05, 0.1) is 0 Å². The van der Waals surface area contributed by atoms with E-state index in [1.54, 1.807) is 0 Å². The Morgan fingerprint density at radius 2 is 2.00 bits per heavy atom. The maximum absolute atomic E-state index is 14.5. The van der Waals surface area contributed by atoms with Gasteiger partial charge in [-0.15, -0.1) is 0 Å². The highest BCUT2D eigenvalue weighted by molar-refractivity contribution is 5.72. The minimum atomic E-state index is -1.40. The lowest BCUT2D eigenvalue weighted by Crippen LogP contribution is -2.36. The van der Waals surface area contributed by atoms with Crippen molar-refractivity contribution in [1.82, 2.24) is 10.3 Å². The zero-order chi connectivity index (χ0) is 11.0. The quantitative estimate of drug-likeness (QED) is 0.801. The molecule has 0 atom stereocenters. The van der Waals surface area contributed by atoms with E-state index in [1.165, 1.54) is 0 Å².